The minimum absolute atomic E-state index is 0.00888. The van der Waals surface area contributed by atoms with Crippen molar-refractivity contribution in [2.45, 2.75) is 6.61 Å². The van der Waals surface area contributed by atoms with Crippen LogP contribution in [-0.4, -0.2) is 17.4 Å². The average Bonchev–Trinajstić information content (AvgIpc) is 3.00. The highest BCUT2D eigenvalue weighted by molar-refractivity contribution is 5.76. The highest BCUT2D eigenvalue weighted by Crippen LogP contribution is 2.37. The number of benzene rings is 2. The Morgan fingerprint density at radius 1 is 1.13 bits per heavy atom. The molecule has 0 amide bonds. The number of halogens is 2. The van der Waals surface area contributed by atoms with Gasteiger partial charge in [0.25, 0.3) is 0 Å². The first-order chi connectivity index (χ1) is 11.2. The molecule has 0 unspecified atom stereocenters. The van der Waals surface area contributed by atoms with Crippen molar-refractivity contribution in [3.05, 3.63) is 59.7 Å². The number of aliphatic hydroxyl groups is 1. The molecular weight excluding hydrogens is 304 g/mol. The van der Waals surface area contributed by atoms with Crippen LogP contribution in [0.25, 0.3) is 22.6 Å². The molecule has 4 nitrogen and oxygen atoms in total. The summed E-state index contributed by atoms with van der Waals surface area (Å²) < 4.78 is 37.8. The van der Waals surface area contributed by atoms with Crippen molar-refractivity contribution in [2.24, 2.45) is 0 Å². The number of hydrogen-bond acceptors (Lipinski definition) is 4. The molecule has 0 fully saturated rings. The zero-order chi connectivity index (χ0) is 16.4. The topological polar surface area (TPSA) is 55.5 Å². The molecule has 0 atom stereocenters. The van der Waals surface area contributed by atoms with Crippen molar-refractivity contribution in [1.29, 1.82) is 0 Å². The maximum atomic E-state index is 14.0. The van der Waals surface area contributed by atoms with E-state index in [2.05, 4.69) is 5.16 Å². The molecule has 0 aliphatic rings. The van der Waals surface area contributed by atoms with Gasteiger partial charge in [-0.2, -0.15) is 0 Å². The third kappa shape index (κ3) is 2.68. The number of aliphatic hydroxyl groups excluding tert-OH is 1. The molecule has 0 aliphatic carbocycles. The van der Waals surface area contributed by atoms with Gasteiger partial charge in [-0.15, -0.1) is 0 Å². The van der Waals surface area contributed by atoms with E-state index in [1.54, 1.807) is 24.3 Å². The van der Waals surface area contributed by atoms with Crippen LogP contribution in [0.1, 0.15) is 5.56 Å². The lowest BCUT2D eigenvalue weighted by molar-refractivity contribution is 0.281. The first-order valence-corrected chi connectivity index (χ1v) is 6.84. The summed E-state index contributed by atoms with van der Waals surface area (Å²) in [5, 5.41) is 13.6. The van der Waals surface area contributed by atoms with E-state index in [0.29, 0.717) is 17.0 Å². The first kappa shape index (κ1) is 15.2. The van der Waals surface area contributed by atoms with Gasteiger partial charge in [0.2, 0.25) is 0 Å². The van der Waals surface area contributed by atoms with E-state index in [9.17, 15) is 13.9 Å². The van der Waals surface area contributed by atoms with E-state index in [1.807, 2.05) is 0 Å². The van der Waals surface area contributed by atoms with E-state index in [4.69, 9.17) is 9.26 Å². The highest BCUT2D eigenvalue weighted by Gasteiger charge is 2.22. The quantitative estimate of drug-likeness (QED) is 0.795. The lowest BCUT2D eigenvalue weighted by Crippen LogP contribution is -1.93. The van der Waals surface area contributed by atoms with Gasteiger partial charge in [-0.3, -0.25) is 0 Å². The van der Waals surface area contributed by atoms with Gasteiger partial charge in [0.1, 0.15) is 23.1 Å². The minimum atomic E-state index is -0.663. The third-order valence-corrected chi connectivity index (χ3v) is 3.48. The van der Waals surface area contributed by atoms with Crippen molar-refractivity contribution in [1.82, 2.24) is 5.16 Å². The van der Waals surface area contributed by atoms with Crippen LogP contribution in [-0.2, 0) is 6.61 Å². The Kier molecular flexibility index (Phi) is 4.08. The minimum Gasteiger partial charge on any atom is -0.496 e. The molecule has 0 bridgehead atoms. The van der Waals surface area contributed by atoms with E-state index in [0.717, 1.165) is 18.2 Å². The predicted octanol–water partition coefficient (Wildman–Crippen LogP) is 3.79. The Hall–Kier alpha value is -2.73. The zero-order valence-electron chi connectivity index (χ0n) is 12.2. The van der Waals surface area contributed by atoms with Crippen molar-refractivity contribution in [3.8, 4) is 28.3 Å². The largest absolute Gasteiger partial charge is 0.496 e. The van der Waals surface area contributed by atoms with Gasteiger partial charge in [-0.1, -0.05) is 17.3 Å². The Morgan fingerprint density at radius 3 is 2.65 bits per heavy atom. The number of rotatable bonds is 4. The summed E-state index contributed by atoms with van der Waals surface area (Å²) in [4.78, 5) is 0. The van der Waals surface area contributed by atoms with Crippen LogP contribution >= 0.6 is 0 Å². The molecule has 0 saturated carbocycles. The van der Waals surface area contributed by atoms with Crippen molar-refractivity contribution in [2.75, 3.05) is 7.11 Å². The second-order valence-electron chi connectivity index (χ2n) is 4.82. The van der Waals surface area contributed by atoms with Gasteiger partial charge >= 0.3 is 0 Å². The maximum absolute atomic E-state index is 14.0. The molecular formula is C17H13F2NO3. The Balaban J connectivity index is 2.19. The maximum Gasteiger partial charge on any atom is 0.176 e. The Labute approximate surface area is 130 Å². The van der Waals surface area contributed by atoms with Gasteiger partial charge in [-0.25, -0.2) is 8.78 Å². The zero-order valence-corrected chi connectivity index (χ0v) is 12.2. The van der Waals surface area contributed by atoms with Gasteiger partial charge in [-0.05, 0) is 30.3 Å². The van der Waals surface area contributed by atoms with E-state index >= 15 is 0 Å². The summed E-state index contributed by atoms with van der Waals surface area (Å²) in [7, 11) is 1.50. The van der Waals surface area contributed by atoms with Crippen LogP contribution in [0.3, 0.4) is 0 Å². The second kappa shape index (κ2) is 6.18. The lowest BCUT2D eigenvalue weighted by atomic mass is 10.0. The summed E-state index contributed by atoms with van der Waals surface area (Å²) in [6.45, 7) is -0.442. The number of para-hydroxylation sites is 1. The van der Waals surface area contributed by atoms with Crippen LogP contribution in [0, 0.1) is 11.6 Å². The van der Waals surface area contributed by atoms with Gasteiger partial charge in [0.15, 0.2) is 5.76 Å². The molecule has 6 heteroatoms. The second-order valence-corrected chi connectivity index (χ2v) is 4.82. The molecule has 1 heterocycles. The number of aromatic nitrogens is 1. The third-order valence-electron chi connectivity index (χ3n) is 3.48. The fourth-order valence-corrected chi connectivity index (χ4v) is 2.39. The summed E-state index contributed by atoms with van der Waals surface area (Å²) in [6.07, 6.45) is 0. The van der Waals surface area contributed by atoms with Crippen LogP contribution in [0.4, 0.5) is 8.78 Å². The molecule has 1 N–H and O–H groups in total. The van der Waals surface area contributed by atoms with Crippen LogP contribution in [0.5, 0.6) is 5.75 Å². The summed E-state index contributed by atoms with van der Waals surface area (Å²) in [6, 6.07) is 10.0. The standard InChI is InChI=1S/C17H13F2NO3/c1-22-15-5-3-2-4-11(15)16-13(9-21)17(23-20-16)12-8-10(18)6-7-14(12)19/h2-8,21H,9H2,1H3. The summed E-state index contributed by atoms with van der Waals surface area (Å²) >= 11 is 0. The molecule has 1 aromatic heterocycles. The fraction of sp³-hybridized carbons (Fsp3) is 0.118. The molecule has 0 spiro atoms. The molecule has 0 radical (unpaired) electrons. The van der Waals surface area contributed by atoms with Crippen molar-refractivity contribution < 1.29 is 23.1 Å². The molecule has 2 aromatic carbocycles. The lowest BCUT2D eigenvalue weighted by Gasteiger charge is -2.07. The molecule has 0 saturated heterocycles. The van der Waals surface area contributed by atoms with Gasteiger partial charge in [0, 0.05) is 5.56 Å². The Morgan fingerprint density at radius 2 is 1.91 bits per heavy atom. The monoisotopic (exact) mass is 317 g/mol. The van der Waals surface area contributed by atoms with Crippen molar-refractivity contribution >= 4 is 0 Å². The van der Waals surface area contributed by atoms with Gasteiger partial charge in [0.05, 0.1) is 24.8 Å². The highest BCUT2D eigenvalue weighted by atomic mass is 19.1. The molecule has 118 valence electrons. The molecule has 3 rings (SSSR count). The normalized spacial score (nSPS) is 10.8. The summed E-state index contributed by atoms with van der Waals surface area (Å²) in [5.41, 5.74) is 1.08. The molecule has 3 aromatic rings. The number of ether oxygens (including phenoxy) is 1. The van der Waals surface area contributed by atoms with Crippen LogP contribution in [0.2, 0.25) is 0 Å². The predicted molar refractivity (Wildman–Crippen MR) is 79.8 cm³/mol. The molecule has 0 aliphatic heterocycles. The number of nitrogens with zero attached hydrogens (tertiary/aromatic N) is 1. The van der Waals surface area contributed by atoms with E-state index in [-0.39, 0.29) is 16.9 Å². The average molecular weight is 317 g/mol. The van der Waals surface area contributed by atoms with Crippen LogP contribution < -0.4 is 4.74 Å². The fourth-order valence-electron chi connectivity index (χ4n) is 2.39. The van der Waals surface area contributed by atoms with Crippen LogP contribution in [0.15, 0.2) is 47.0 Å². The molecule has 23 heavy (non-hydrogen) atoms. The smallest absolute Gasteiger partial charge is 0.176 e. The van der Waals surface area contributed by atoms with Crippen molar-refractivity contribution in [3.63, 3.8) is 0 Å². The SMILES string of the molecule is COc1ccccc1-c1noc(-c2cc(F)ccc2F)c1CO. The number of hydrogen-bond donors (Lipinski definition) is 1. The Bertz CT molecular complexity index is 846. The van der Waals surface area contributed by atoms with E-state index < -0.39 is 18.2 Å². The summed E-state index contributed by atoms with van der Waals surface area (Å²) in [5.74, 6) is -0.753. The number of methoxy groups -OCH3 is 1. The van der Waals surface area contributed by atoms with E-state index in [1.165, 1.54) is 7.11 Å². The van der Waals surface area contributed by atoms with Gasteiger partial charge < -0.3 is 14.4 Å². The first-order valence-electron chi connectivity index (χ1n) is 6.84.